The Morgan fingerprint density at radius 1 is 1.44 bits per heavy atom. The zero-order valence-corrected chi connectivity index (χ0v) is 14.9. The molecule has 0 bridgehead atoms. The molecule has 1 unspecified atom stereocenters. The molecule has 0 radical (unpaired) electrons. The van der Waals surface area contributed by atoms with Gasteiger partial charge in [-0.05, 0) is 29.8 Å². The van der Waals surface area contributed by atoms with Crippen LogP contribution in [-0.4, -0.2) is 39.5 Å². The number of aliphatic imine (C=N–C) groups is 2. The van der Waals surface area contributed by atoms with Crippen molar-refractivity contribution in [2.24, 2.45) is 9.98 Å². The second-order valence-corrected chi connectivity index (χ2v) is 6.84. The molecule has 8 heteroatoms. The molecule has 4 rings (SSSR count). The van der Waals surface area contributed by atoms with Crippen LogP contribution in [0.4, 0.5) is 0 Å². The van der Waals surface area contributed by atoms with Gasteiger partial charge in [0.15, 0.2) is 0 Å². The van der Waals surface area contributed by atoms with Crippen LogP contribution in [-0.2, 0) is 16.0 Å². The number of benzene rings is 1. The van der Waals surface area contributed by atoms with Crippen LogP contribution in [0.1, 0.15) is 12.5 Å². The molecule has 2 aliphatic heterocycles. The molecule has 7 nitrogen and oxygen atoms in total. The first kappa shape index (κ1) is 15.8. The summed E-state index contributed by atoms with van der Waals surface area (Å²) in [6.07, 6.45) is 7.09. The van der Waals surface area contributed by atoms with Crippen LogP contribution >= 0.6 is 15.9 Å². The summed E-state index contributed by atoms with van der Waals surface area (Å²) in [6.45, 7) is 1.38. The maximum atomic E-state index is 12.8. The number of amides is 2. The molecule has 3 heterocycles. The van der Waals surface area contributed by atoms with Crippen LogP contribution < -0.4 is 5.32 Å². The Balaban J connectivity index is 1.81. The van der Waals surface area contributed by atoms with Crippen molar-refractivity contribution in [3.05, 3.63) is 46.7 Å². The highest BCUT2D eigenvalue weighted by Gasteiger charge is 2.51. The Bertz CT molecular complexity index is 990. The van der Waals surface area contributed by atoms with Crippen LogP contribution in [0, 0.1) is 0 Å². The zero-order valence-electron chi connectivity index (χ0n) is 13.3. The van der Waals surface area contributed by atoms with Crippen molar-refractivity contribution < 1.29 is 9.59 Å². The van der Waals surface area contributed by atoms with Crippen LogP contribution in [0.3, 0.4) is 0 Å². The van der Waals surface area contributed by atoms with Gasteiger partial charge in [-0.3, -0.25) is 14.5 Å². The first-order valence-corrected chi connectivity index (χ1v) is 8.46. The zero-order chi connectivity index (χ0) is 17.6. The van der Waals surface area contributed by atoms with Gasteiger partial charge < -0.3 is 10.3 Å². The molecule has 1 atom stereocenters. The minimum Gasteiger partial charge on any atom is -0.361 e. The first-order valence-electron chi connectivity index (χ1n) is 7.67. The number of allylic oxidation sites excluding steroid dienone is 1. The summed E-state index contributed by atoms with van der Waals surface area (Å²) in [7, 11) is 0. The Labute approximate surface area is 151 Å². The lowest BCUT2D eigenvalue weighted by Crippen LogP contribution is -2.62. The van der Waals surface area contributed by atoms with Crippen LogP contribution in [0.5, 0.6) is 0 Å². The topological polar surface area (TPSA) is 89.9 Å². The van der Waals surface area contributed by atoms with E-state index < -0.39 is 11.6 Å². The van der Waals surface area contributed by atoms with Gasteiger partial charge in [0.25, 0.3) is 5.91 Å². The van der Waals surface area contributed by atoms with Crippen LogP contribution in [0.2, 0.25) is 0 Å². The average Bonchev–Trinajstić information content (AvgIpc) is 3.07. The van der Waals surface area contributed by atoms with Gasteiger partial charge in [0, 0.05) is 47.3 Å². The molecule has 2 N–H and O–H groups in total. The molecule has 2 aliphatic rings. The number of aromatic amines is 1. The summed E-state index contributed by atoms with van der Waals surface area (Å²) in [5.74, 6) is -0.471. The molecule has 0 fully saturated rings. The molecule has 25 heavy (non-hydrogen) atoms. The van der Waals surface area contributed by atoms with Crippen LogP contribution in [0.15, 0.2) is 51.1 Å². The first-order chi connectivity index (χ1) is 12.0. The lowest BCUT2D eigenvalue weighted by molar-refractivity contribution is -0.133. The van der Waals surface area contributed by atoms with Crippen LogP contribution in [0.25, 0.3) is 10.9 Å². The molecule has 0 saturated heterocycles. The third kappa shape index (κ3) is 2.49. The number of guanidine groups is 1. The number of nitrogens with one attached hydrogen (secondary N) is 2. The summed E-state index contributed by atoms with van der Waals surface area (Å²) in [5.41, 5.74) is 0.542. The van der Waals surface area contributed by atoms with Gasteiger partial charge >= 0.3 is 0 Å². The van der Waals surface area contributed by atoms with E-state index in [4.69, 9.17) is 0 Å². The molecular formula is C17H14BrN5O2. The fourth-order valence-electron chi connectivity index (χ4n) is 3.21. The van der Waals surface area contributed by atoms with Gasteiger partial charge in [-0.15, -0.1) is 0 Å². The Hall–Kier alpha value is -2.74. The SMILES string of the molecule is CC(=O)NC1(Cc2c[nH]c3ccc(Br)cc23)C(=O)N=C2N=CC=CN21. The van der Waals surface area contributed by atoms with E-state index in [0.29, 0.717) is 0 Å². The summed E-state index contributed by atoms with van der Waals surface area (Å²) in [4.78, 5) is 37.6. The second kappa shape index (κ2) is 5.66. The van der Waals surface area contributed by atoms with E-state index in [2.05, 4.69) is 36.2 Å². The average molecular weight is 400 g/mol. The minimum absolute atomic E-state index is 0.259. The van der Waals surface area contributed by atoms with E-state index in [0.717, 1.165) is 20.9 Å². The maximum absolute atomic E-state index is 12.8. The molecular weight excluding hydrogens is 386 g/mol. The summed E-state index contributed by atoms with van der Waals surface area (Å²) >= 11 is 3.47. The normalized spacial score (nSPS) is 21.6. The highest BCUT2D eigenvalue weighted by atomic mass is 79.9. The summed E-state index contributed by atoms with van der Waals surface area (Å²) in [6, 6.07) is 5.88. The third-order valence-electron chi connectivity index (χ3n) is 4.25. The molecule has 0 saturated carbocycles. The fourth-order valence-corrected chi connectivity index (χ4v) is 3.57. The molecule has 1 aromatic heterocycles. The number of hydrogen-bond acceptors (Lipinski definition) is 4. The number of H-pyrrole nitrogens is 1. The highest BCUT2D eigenvalue weighted by molar-refractivity contribution is 9.10. The van der Waals surface area contributed by atoms with Gasteiger partial charge in [-0.2, -0.15) is 4.99 Å². The van der Waals surface area contributed by atoms with E-state index in [-0.39, 0.29) is 18.3 Å². The number of carbonyl (C=O) groups excluding carboxylic acids is 2. The van der Waals surface area contributed by atoms with Crippen molar-refractivity contribution in [1.29, 1.82) is 0 Å². The third-order valence-corrected chi connectivity index (χ3v) is 4.75. The number of fused-ring (bicyclic) bond motifs is 2. The Morgan fingerprint density at radius 2 is 2.28 bits per heavy atom. The van der Waals surface area contributed by atoms with E-state index in [1.165, 1.54) is 6.92 Å². The fraction of sp³-hybridized carbons (Fsp3) is 0.176. The van der Waals surface area contributed by atoms with E-state index in [1.54, 1.807) is 23.4 Å². The largest absolute Gasteiger partial charge is 0.361 e. The number of halogens is 1. The Morgan fingerprint density at radius 3 is 3.08 bits per heavy atom. The van der Waals surface area contributed by atoms with Gasteiger partial charge in [-0.25, -0.2) is 4.99 Å². The lowest BCUT2D eigenvalue weighted by Gasteiger charge is -2.36. The Kier molecular flexibility index (Phi) is 3.57. The van der Waals surface area contributed by atoms with Crippen molar-refractivity contribution in [2.75, 3.05) is 0 Å². The van der Waals surface area contributed by atoms with Crippen molar-refractivity contribution in [1.82, 2.24) is 15.2 Å². The van der Waals surface area contributed by atoms with E-state index in [1.807, 2.05) is 24.4 Å². The van der Waals surface area contributed by atoms with Crippen molar-refractivity contribution in [3.8, 4) is 0 Å². The number of carbonyl (C=O) groups is 2. The van der Waals surface area contributed by atoms with Crippen molar-refractivity contribution >= 4 is 50.8 Å². The maximum Gasteiger partial charge on any atom is 0.296 e. The monoisotopic (exact) mass is 399 g/mol. The van der Waals surface area contributed by atoms with E-state index in [9.17, 15) is 9.59 Å². The second-order valence-electron chi connectivity index (χ2n) is 5.93. The van der Waals surface area contributed by atoms with Gasteiger partial charge in [0.1, 0.15) is 0 Å². The predicted octanol–water partition coefficient (Wildman–Crippen LogP) is 2.10. The standard InChI is InChI=1S/C17H14BrN5O2/c1-10(24)22-17(15(25)21-16-19-5-2-6-23(16)17)8-11-9-20-14-4-3-12(18)7-13(11)14/h2-7,9,20H,8H2,1H3,(H,22,24). The molecule has 126 valence electrons. The highest BCUT2D eigenvalue weighted by Crippen LogP contribution is 2.32. The number of rotatable bonds is 3. The number of aromatic nitrogens is 1. The molecule has 0 spiro atoms. The molecule has 2 amide bonds. The van der Waals surface area contributed by atoms with Gasteiger partial charge in [0.2, 0.25) is 17.5 Å². The van der Waals surface area contributed by atoms with Gasteiger partial charge in [0.05, 0.1) is 0 Å². The smallest absolute Gasteiger partial charge is 0.296 e. The summed E-state index contributed by atoms with van der Waals surface area (Å²) < 4.78 is 0.937. The molecule has 1 aromatic carbocycles. The number of hydrogen-bond donors (Lipinski definition) is 2. The summed E-state index contributed by atoms with van der Waals surface area (Å²) in [5, 5.41) is 3.77. The molecule has 0 aliphatic carbocycles. The molecule has 2 aromatic rings. The van der Waals surface area contributed by atoms with Crippen molar-refractivity contribution in [3.63, 3.8) is 0 Å². The van der Waals surface area contributed by atoms with Crippen molar-refractivity contribution in [2.45, 2.75) is 19.0 Å². The lowest BCUT2D eigenvalue weighted by atomic mass is 9.97. The number of nitrogens with zero attached hydrogens (tertiary/aromatic N) is 3. The quantitative estimate of drug-likeness (QED) is 0.827. The minimum atomic E-state index is -1.31. The predicted molar refractivity (Wildman–Crippen MR) is 98.2 cm³/mol. The van der Waals surface area contributed by atoms with E-state index >= 15 is 0 Å². The van der Waals surface area contributed by atoms with Gasteiger partial charge in [-0.1, -0.05) is 15.9 Å².